The van der Waals surface area contributed by atoms with Crippen molar-refractivity contribution < 1.29 is 0 Å². The van der Waals surface area contributed by atoms with E-state index in [-0.39, 0.29) is 0 Å². The highest BCUT2D eigenvalue weighted by molar-refractivity contribution is 7.26. The zero-order chi connectivity index (χ0) is 31.1. The van der Waals surface area contributed by atoms with Gasteiger partial charge < -0.3 is 4.57 Å². The number of nitrogens with zero attached hydrogens (tertiary/aromatic N) is 5. The number of aromatic nitrogens is 4. The van der Waals surface area contributed by atoms with Crippen LogP contribution in [0, 0.1) is 11.3 Å². The van der Waals surface area contributed by atoms with E-state index in [0.717, 1.165) is 65.5 Å². The highest BCUT2D eigenvalue weighted by atomic mass is 32.1. The lowest BCUT2D eigenvalue weighted by atomic mass is 10.1. The predicted octanol–water partition coefficient (Wildman–Crippen LogP) is 10.6. The van der Waals surface area contributed by atoms with Gasteiger partial charge in [-0.05, 0) is 54.6 Å². The van der Waals surface area contributed by atoms with Gasteiger partial charge >= 0.3 is 0 Å². The average molecular weight is 618 g/mol. The highest BCUT2D eigenvalue weighted by Crippen LogP contribution is 2.41. The molecule has 4 heterocycles. The zero-order valence-corrected chi connectivity index (χ0v) is 25.7. The summed E-state index contributed by atoms with van der Waals surface area (Å²) in [5, 5.41) is 15.4. The van der Waals surface area contributed by atoms with Gasteiger partial charge in [0.25, 0.3) is 0 Å². The predicted molar refractivity (Wildman–Crippen MR) is 194 cm³/mol. The molecule has 5 nitrogen and oxygen atoms in total. The van der Waals surface area contributed by atoms with Crippen LogP contribution in [-0.4, -0.2) is 19.1 Å². The maximum absolute atomic E-state index is 9.71. The standard InChI is InChI=1S/C41H23N5S/c42-24-25-20-21-36-32(22-25)30-14-3-7-18-35(30)46(36)41-39-38(31-15-4-8-19-37(31)47-39)43-40(44-41)26-10-9-11-27(23-26)45-33-16-5-1-12-28(33)29-13-2-6-17-34(29)45/h1-23H. The third-order valence-corrected chi connectivity index (χ3v) is 10.3. The lowest BCUT2D eigenvalue weighted by molar-refractivity contribution is 1.08. The normalized spacial score (nSPS) is 11.8. The molecular formula is C41H23N5S. The van der Waals surface area contributed by atoms with Crippen LogP contribution in [0.3, 0.4) is 0 Å². The van der Waals surface area contributed by atoms with Gasteiger partial charge in [-0.1, -0.05) is 84.9 Å². The number of nitriles is 1. The molecule has 0 aliphatic rings. The van der Waals surface area contributed by atoms with E-state index in [1.807, 2.05) is 24.3 Å². The summed E-state index contributed by atoms with van der Waals surface area (Å²) < 4.78 is 6.76. The molecule has 218 valence electrons. The molecule has 0 aliphatic carbocycles. The van der Waals surface area contributed by atoms with Crippen molar-refractivity contribution >= 4 is 75.3 Å². The molecule has 0 atom stereocenters. The first-order valence-corrected chi connectivity index (χ1v) is 16.3. The lowest BCUT2D eigenvalue weighted by Crippen LogP contribution is -2.02. The molecule has 0 bridgehead atoms. The first kappa shape index (κ1) is 26.0. The molecule has 6 aromatic carbocycles. The Morgan fingerprint density at radius 2 is 1.15 bits per heavy atom. The van der Waals surface area contributed by atoms with Gasteiger partial charge in [-0.3, -0.25) is 4.57 Å². The summed E-state index contributed by atoms with van der Waals surface area (Å²) in [5.74, 6) is 1.50. The summed E-state index contributed by atoms with van der Waals surface area (Å²) in [5.41, 5.74) is 7.94. The largest absolute Gasteiger partial charge is 0.309 e. The van der Waals surface area contributed by atoms with Crippen LogP contribution in [0.1, 0.15) is 5.56 Å². The Labute approximate surface area is 272 Å². The second kappa shape index (κ2) is 9.85. The van der Waals surface area contributed by atoms with Crippen molar-refractivity contribution in [1.82, 2.24) is 19.1 Å². The van der Waals surface area contributed by atoms with Gasteiger partial charge in [-0.25, -0.2) is 9.97 Å². The van der Waals surface area contributed by atoms with Gasteiger partial charge in [0.2, 0.25) is 0 Å². The van der Waals surface area contributed by atoms with Gasteiger partial charge in [0.05, 0.1) is 43.9 Å². The van der Waals surface area contributed by atoms with Gasteiger partial charge in [-0.2, -0.15) is 5.26 Å². The molecule has 0 saturated heterocycles. The van der Waals surface area contributed by atoms with E-state index < -0.39 is 0 Å². The summed E-state index contributed by atoms with van der Waals surface area (Å²) in [6.45, 7) is 0. The molecule has 0 aliphatic heterocycles. The maximum Gasteiger partial charge on any atom is 0.162 e. The SMILES string of the molecule is N#Cc1ccc2c(c1)c1ccccc1n2-c1nc(-c2cccc(-n3c4ccccc4c4ccccc43)c2)nc2c1sc1ccccc12. The number of rotatable bonds is 3. The third kappa shape index (κ3) is 3.75. The molecule has 10 aromatic rings. The average Bonchev–Trinajstić information content (AvgIpc) is 3.79. The smallest absolute Gasteiger partial charge is 0.162 e. The molecule has 0 N–H and O–H groups in total. The minimum absolute atomic E-state index is 0.637. The number of hydrogen-bond donors (Lipinski definition) is 0. The van der Waals surface area contributed by atoms with E-state index in [4.69, 9.17) is 9.97 Å². The van der Waals surface area contributed by atoms with Crippen molar-refractivity contribution in [3.05, 3.63) is 145 Å². The molecule has 47 heavy (non-hydrogen) atoms. The quantitative estimate of drug-likeness (QED) is 0.198. The van der Waals surface area contributed by atoms with Crippen molar-refractivity contribution in [3.8, 4) is 29.0 Å². The Kier molecular flexibility index (Phi) is 5.45. The third-order valence-electron chi connectivity index (χ3n) is 9.16. The topological polar surface area (TPSA) is 59.4 Å². The second-order valence-corrected chi connectivity index (χ2v) is 12.8. The van der Waals surface area contributed by atoms with Crippen LogP contribution in [0.15, 0.2) is 140 Å². The van der Waals surface area contributed by atoms with Crippen LogP contribution in [-0.2, 0) is 0 Å². The molecule has 0 fully saturated rings. The van der Waals surface area contributed by atoms with Crippen molar-refractivity contribution in [2.45, 2.75) is 0 Å². The number of para-hydroxylation sites is 3. The van der Waals surface area contributed by atoms with Crippen molar-refractivity contribution in [1.29, 1.82) is 5.26 Å². The van der Waals surface area contributed by atoms with Crippen LogP contribution < -0.4 is 0 Å². The van der Waals surface area contributed by atoms with Crippen molar-refractivity contribution in [2.24, 2.45) is 0 Å². The molecule has 0 amide bonds. The highest BCUT2D eigenvalue weighted by Gasteiger charge is 2.21. The van der Waals surface area contributed by atoms with Crippen LogP contribution in [0.2, 0.25) is 0 Å². The lowest BCUT2D eigenvalue weighted by Gasteiger charge is -2.12. The van der Waals surface area contributed by atoms with Crippen molar-refractivity contribution in [3.63, 3.8) is 0 Å². The van der Waals surface area contributed by atoms with E-state index in [2.05, 4.69) is 130 Å². The van der Waals surface area contributed by atoms with Gasteiger partial charge in [0, 0.05) is 42.9 Å². The summed E-state index contributed by atoms with van der Waals surface area (Å²) >= 11 is 1.72. The number of benzene rings is 6. The van der Waals surface area contributed by atoms with Gasteiger partial charge in [0.15, 0.2) is 11.6 Å². The van der Waals surface area contributed by atoms with Gasteiger partial charge in [0.1, 0.15) is 0 Å². The number of thiophene rings is 1. The van der Waals surface area contributed by atoms with E-state index in [1.165, 1.54) is 15.5 Å². The Hall–Kier alpha value is -6.29. The fraction of sp³-hybridized carbons (Fsp3) is 0. The second-order valence-electron chi connectivity index (χ2n) is 11.8. The maximum atomic E-state index is 9.71. The molecule has 0 radical (unpaired) electrons. The first-order valence-electron chi connectivity index (χ1n) is 15.5. The van der Waals surface area contributed by atoms with Gasteiger partial charge in [-0.15, -0.1) is 11.3 Å². The Morgan fingerprint density at radius 3 is 1.87 bits per heavy atom. The minimum atomic E-state index is 0.637. The fourth-order valence-corrected chi connectivity index (χ4v) is 8.23. The van der Waals surface area contributed by atoms with E-state index in [0.29, 0.717) is 11.4 Å². The van der Waals surface area contributed by atoms with Crippen molar-refractivity contribution in [2.75, 3.05) is 0 Å². The van der Waals surface area contributed by atoms with Crippen LogP contribution in [0.4, 0.5) is 0 Å². The number of fused-ring (bicyclic) bond motifs is 9. The molecule has 0 saturated carbocycles. The summed E-state index contributed by atoms with van der Waals surface area (Å²) in [6.07, 6.45) is 0. The molecular weight excluding hydrogens is 595 g/mol. The summed E-state index contributed by atoms with van der Waals surface area (Å²) in [6, 6.07) is 50.7. The van der Waals surface area contributed by atoms with Crippen LogP contribution in [0.5, 0.6) is 0 Å². The Balaban J connectivity index is 1.28. The molecule has 4 aromatic heterocycles. The van der Waals surface area contributed by atoms with Crippen LogP contribution >= 0.6 is 11.3 Å². The zero-order valence-electron chi connectivity index (χ0n) is 24.9. The molecule has 10 rings (SSSR count). The summed E-state index contributed by atoms with van der Waals surface area (Å²) in [4.78, 5) is 10.7. The van der Waals surface area contributed by atoms with E-state index in [9.17, 15) is 5.26 Å². The summed E-state index contributed by atoms with van der Waals surface area (Å²) in [7, 11) is 0. The fourth-order valence-electron chi connectivity index (χ4n) is 7.11. The monoisotopic (exact) mass is 617 g/mol. The Bertz CT molecular complexity index is 2880. The minimum Gasteiger partial charge on any atom is -0.309 e. The Morgan fingerprint density at radius 1 is 0.532 bits per heavy atom. The molecule has 6 heteroatoms. The molecule has 0 spiro atoms. The van der Waals surface area contributed by atoms with Crippen LogP contribution in [0.25, 0.3) is 86.8 Å². The molecule has 0 unspecified atom stereocenters. The van der Waals surface area contributed by atoms with E-state index in [1.54, 1.807) is 11.3 Å². The first-order chi connectivity index (χ1) is 23.3. The number of hydrogen-bond acceptors (Lipinski definition) is 4. The van der Waals surface area contributed by atoms with E-state index >= 15 is 0 Å².